The molecule has 0 atom stereocenters. The minimum atomic E-state index is -0.210. The number of benzene rings is 1. The van der Waals surface area contributed by atoms with Crippen molar-refractivity contribution in [3.05, 3.63) is 47.7 Å². The number of ketones is 2. The summed E-state index contributed by atoms with van der Waals surface area (Å²) in [6, 6.07) is 7.21. The van der Waals surface area contributed by atoms with Gasteiger partial charge in [-0.2, -0.15) is 0 Å². The van der Waals surface area contributed by atoms with E-state index in [1.807, 2.05) is 12.1 Å². The van der Waals surface area contributed by atoms with Gasteiger partial charge >= 0.3 is 0 Å². The Hall–Kier alpha value is -2.36. The molecule has 0 saturated carbocycles. The number of nitrogens with one attached hydrogen (secondary N) is 1. The van der Waals surface area contributed by atoms with Gasteiger partial charge in [-0.25, -0.2) is 0 Å². The monoisotopic (exact) mass is 243 g/mol. The van der Waals surface area contributed by atoms with Crippen LogP contribution in [0.1, 0.15) is 6.92 Å². The normalized spacial score (nSPS) is 15.0. The van der Waals surface area contributed by atoms with E-state index in [4.69, 9.17) is 4.74 Å². The first-order valence-corrected chi connectivity index (χ1v) is 5.50. The first-order valence-electron chi connectivity index (χ1n) is 5.50. The number of para-hydroxylation sites is 2. The zero-order chi connectivity index (χ0) is 13.1. The van der Waals surface area contributed by atoms with E-state index in [2.05, 4.69) is 5.32 Å². The maximum Gasteiger partial charge on any atom is 0.202 e. The van der Waals surface area contributed by atoms with E-state index in [0.29, 0.717) is 17.0 Å². The highest BCUT2D eigenvalue weighted by atomic mass is 16.5. The second-order valence-corrected chi connectivity index (χ2v) is 3.94. The zero-order valence-corrected chi connectivity index (χ0v) is 10.2. The number of carbonyl (C=O) groups excluding carboxylic acids is 2. The van der Waals surface area contributed by atoms with E-state index in [-0.39, 0.29) is 17.3 Å². The lowest BCUT2D eigenvalue weighted by atomic mass is 10.0. The van der Waals surface area contributed by atoms with Gasteiger partial charge in [0.2, 0.25) is 5.78 Å². The summed E-state index contributed by atoms with van der Waals surface area (Å²) in [5.41, 5.74) is 1.36. The van der Waals surface area contributed by atoms with Crippen LogP contribution >= 0.6 is 0 Å². The standard InChI is InChI=1S/C14H13NO3/c1-9-7-13(17)11(8-12(9)16)15-10-5-3-4-6-14(10)18-2/h3-8,15H,1-2H3. The van der Waals surface area contributed by atoms with E-state index >= 15 is 0 Å². The van der Waals surface area contributed by atoms with Crippen LogP contribution in [0.15, 0.2) is 47.7 Å². The van der Waals surface area contributed by atoms with Gasteiger partial charge in [-0.1, -0.05) is 12.1 Å². The molecule has 0 amide bonds. The Morgan fingerprint density at radius 3 is 2.50 bits per heavy atom. The van der Waals surface area contributed by atoms with E-state index < -0.39 is 0 Å². The fourth-order valence-corrected chi connectivity index (χ4v) is 1.65. The van der Waals surface area contributed by atoms with E-state index in [9.17, 15) is 9.59 Å². The van der Waals surface area contributed by atoms with Crippen LogP contribution in [0, 0.1) is 0 Å². The zero-order valence-electron chi connectivity index (χ0n) is 10.2. The molecule has 4 heteroatoms. The van der Waals surface area contributed by atoms with Gasteiger partial charge in [0.15, 0.2) is 5.78 Å². The molecule has 1 N–H and O–H groups in total. The lowest BCUT2D eigenvalue weighted by Gasteiger charge is -2.14. The predicted molar refractivity (Wildman–Crippen MR) is 68.5 cm³/mol. The van der Waals surface area contributed by atoms with Gasteiger partial charge in [0, 0.05) is 11.6 Å². The van der Waals surface area contributed by atoms with Gasteiger partial charge in [-0.05, 0) is 25.1 Å². The molecule has 1 aromatic rings. The Balaban J connectivity index is 2.27. The Labute approximate surface area is 105 Å². The molecule has 1 aromatic carbocycles. The van der Waals surface area contributed by atoms with Crippen molar-refractivity contribution in [3.8, 4) is 5.75 Å². The number of methoxy groups -OCH3 is 1. The summed E-state index contributed by atoms with van der Waals surface area (Å²) in [7, 11) is 1.55. The van der Waals surface area contributed by atoms with Crippen LogP contribution in [0.4, 0.5) is 5.69 Å². The highest BCUT2D eigenvalue weighted by Gasteiger charge is 2.18. The Bertz CT molecular complexity index is 570. The third-order valence-corrected chi connectivity index (χ3v) is 2.65. The second kappa shape index (κ2) is 4.87. The quantitative estimate of drug-likeness (QED) is 0.826. The predicted octanol–water partition coefficient (Wildman–Crippen LogP) is 2.09. The van der Waals surface area contributed by atoms with Crippen LogP contribution in [0.2, 0.25) is 0 Å². The van der Waals surface area contributed by atoms with Crippen LogP contribution in [0.5, 0.6) is 5.75 Å². The molecule has 0 heterocycles. The van der Waals surface area contributed by atoms with Gasteiger partial charge in [0.1, 0.15) is 5.75 Å². The topological polar surface area (TPSA) is 55.4 Å². The summed E-state index contributed by atoms with van der Waals surface area (Å²) in [6.07, 6.45) is 2.64. The second-order valence-electron chi connectivity index (χ2n) is 3.94. The van der Waals surface area contributed by atoms with Gasteiger partial charge in [-0.3, -0.25) is 9.59 Å². The molecule has 0 bridgehead atoms. The van der Waals surface area contributed by atoms with Gasteiger partial charge < -0.3 is 10.1 Å². The molecule has 18 heavy (non-hydrogen) atoms. The maximum absolute atomic E-state index is 11.8. The average molecular weight is 243 g/mol. The Morgan fingerprint density at radius 2 is 1.78 bits per heavy atom. The van der Waals surface area contributed by atoms with Crippen LogP contribution in [0.3, 0.4) is 0 Å². The van der Waals surface area contributed by atoms with Crippen molar-refractivity contribution in [1.82, 2.24) is 0 Å². The Morgan fingerprint density at radius 1 is 1.06 bits per heavy atom. The summed E-state index contributed by atoms with van der Waals surface area (Å²) in [5.74, 6) is 0.245. The molecular formula is C14H13NO3. The molecule has 0 fully saturated rings. The first-order chi connectivity index (χ1) is 8.61. The summed E-state index contributed by atoms with van der Waals surface area (Å²) in [5, 5.41) is 2.92. The van der Waals surface area contributed by atoms with Gasteiger partial charge in [0.25, 0.3) is 0 Å². The highest BCUT2D eigenvalue weighted by molar-refractivity contribution is 6.20. The lowest BCUT2D eigenvalue weighted by Crippen LogP contribution is -2.17. The van der Waals surface area contributed by atoms with Crippen molar-refractivity contribution in [1.29, 1.82) is 0 Å². The molecule has 0 aromatic heterocycles. The van der Waals surface area contributed by atoms with E-state index in [0.717, 1.165) is 0 Å². The third-order valence-electron chi connectivity index (χ3n) is 2.65. The number of ether oxygens (including phenoxy) is 1. The fourth-order valence-electron chi connectivity index (χ4n) is 1.65. The number of anilines is 1. The SMILES string of the molecule is COc1ccccc1NC1=CC(=O)C(C)=CC1=O. The van der Waals surface area contributed by atoms with Crippen LogP contribution < -0.4 is 10.1 Å². The van der Waals surface area contributed by atoms with Crippen molar-refractivity contribution in [2.45, 2.75) is 6.92 Å². The number of carbonyl (C=O) groups is 2. The van der Waals surface area contributed by atoms with E-state index in [1.165, 1.54) is 12.2 Å². The van der Waals surface area contributed by atoms with Crippen molar-refractivity contribution < 1.29 is 14.3 Å². The molecule has 0 aliphatic heterocycles. The fraction of sp³-hybridized carbons (Fsp3) is 0.143. The number of allylic oxidation sites excluding steroid dienone is 3. The molecule has 4 nitrogen and oxygen atoms in total. The molecule has 1 aliphatic carbocycles. The average Bonchev–Trinajstić information content (AvgIpc) is 2.36. The van der Waals surface area contributed by atoms with Crippen molar-refractivity contribution in [2.24, 2.45) is 0 Å². The Kier molecular flexibility index (Phi) is 3.28. The third kappa shape index (κ3) is 2.32. The van der Waals surface area contributed by atoms with Gasteiger partial charge in [0.05, 0.1) is 18.5 Å². The molecule has 92 valence electrons. The van der Waals surface area contributed by atoms with E-state index in [1.54, 1.807) is 26.2 Å². The summed E-state index contributed by atoms with van der Waals surface area (Å²) >= 11 is 0. The van der Waals surface area contributed by atoms with Crippen LogP contribution in [-0.4, -0.2) is 18.7 Å². The lowest BCUT2D eigenvalue weighted by molar-refractivity contribution is -0.115. The summed E-state index contributed by atoms with van der Waals surface area (Å²) in [6.45, 7) is 1.62. The smallest absolute Gasteiger partial charge is 0.202 e. The number of hydrogen-bond donors (Lipinski definition) is 1. The molecule has 0 saturated heterocycles. The van der Waals surface area contributed by atoms with Gasteiger partial charge in [-0.15, -0.1) is 0 Å². The maximum atomic E-state index is 11.8. The number of rotatable bonds is 3. The largest absolute Gasteiger partial charge is 0.495 e. The molecule has 0 radical (unpaired) electrons. The first kappa shape index (κ1) is 12.1. The number of hydrogen-bond acceptors (Lipinski definition) is 4. The molecule has 2 rings (SSSR count). The van der Waals surface area contributed by atoms with Crippen molar-refractivity contribution in [2.75, 3.05) is 12.4 Å². The minimum absolute atomic E-state index is 0.160. The van der Waals surface area contributed by atoms with Crippen molar-refractivity contribution in [3.63, 3.8) is 0 Å². The van der Waals surface area contributed by atoms with Crippen molar-refractivity contribution >= 4 is 17.3 Å². The highest BCUT2D eigenvalue weighted by Crippen LogP contribution is 2.25. The molecule has 1 aliphatic rings. The summed E-state index contributed by atoms with van der Waals surface area (Å²) < 4.78 is 5.17. The van der Waals surface area contributed by atoms with Crippen LogP contribution in [0.25, 0.3) is 0 Å². The van der Waals surface area contributed by atoms with Crippen LogP contribution in [-0.2, 0) is 9.59 Å². The molecule has 0 spiro atoms. The molecule has 0 unspecified atom stereocenters. The minimum Gasteiger partial charge on any atom is -0.495 e. The summed E-state index contributed by atoms with van der Waals surface area (Å²) in [4.78, 5) is 23.3. The molecular weight excluding hydrogens is 230 g/mol.